The van der Waals surface area contributed by atoms with Crippen LogP contribution >= 0.6 is 0 Å². The molecule has 0 saturated carbocycles. The minimum atomic E-state index is -0.434. The van der Waals surface area contributed by atoms with Crippen molar-refractivity contribution in [3.8, 4) is 0 Å². The molecule has 13 heavy (non-hydrogen) atoms. The molecule has 2 aromatic heterocycles. The summed E-state index contributed by atoms with van der Waals surface area (Å²) in [5.41, 5.74) is 5.36. The first kappa shape index (κ1) is 7.71. The SMILES string of the molecule is CCc1nc2c(N)n[nH]c(=O)n2n1. The van der Waals surface area contributed by atoms with Gasteiger partial charge in [0.15, 0.2) is 11.6 Å². The summed E-state index contributed by atoms with van der Waals surface area (Å²) in [5.74, 6) is 0.747. The van der Waals surface area contributed by atoms with E-state index in [1.165, 1.54) is 0 Å². The highest BCUT2D eigenvalue weighted by Crippen LogP contribution is 2.03. The van der Waals surface area contributed by atoms with Gasteiger partial charge in [-0.1, -0.05) is 6.92 Å². The normalized spacial score (nSPS) is 10.8. The molecule has 0 bridgehead atoms. The highest BCUT2D eigenvalue weighted by atomic mass is 16.1. The molecule has 0 atom stereocenters. The maximum Gasteiger partial charge on any atom is 0.364 e. The lowest BCUT2D eigenvalue weighted by Crippen LogP contribution is -2.20. The number of aromatic amines is 1. The molecule has 2 aromatic rings. The predicted molar refractivity (Wildman–Crippen MR) is 45.2 cm³/mol. The van der Waals surface area contributed by atoms with E-state index in [1.807, 2.05) is 6.92 Å². The van der Waals surface area contributed by atoms with Gasteiger partial charge < -0.3 is 5.73 Å². The Bertz CT molecular complexity index is 497. The van der Waals surface area contributed by atoms with Crippen LogP contribution < -0.4 is 11.4 Å². The van der Waals surface area contributed by atoms with Crippen LogP contribution in [0.1, 0.15) is 12.7 Å². The molecule has 7 nitrogen and oxygen atoms in total. The number of anilines is 1. The van der Waals surface area contributed by atoms with Crippen LogP contribution in [0.3, 0.4) is 0 Å². The molecule has 2 heterocycles. The summed E-state index contributed by atoms with van der Waals surface area (Å²) in [5, 5.41) is 9.71. The standard InChI is InChI=1S/C6H8N6O/c1-2-3-8-5-4(7)9-10-6(13)12(5)11-3/h2H2,1H3,(H2,7,9)(H,10,13). The first-order chi connectivity index (χ1) is 6.22. The number of nitrogen functional groups attached to an aromatic ring is 1. The topological polar surface area (TPSA) is 102 Å². The molecule has 0 fully saturated rings. The third-order valence-corrected chi connectivity index (χ3v) is 1.66. The summed E-state index contributed by atoms with van der Waals surface area (Å²) >= 11 is 0. The van der Waals surface area contributed by atoms with Gasteiger partial charge in [0.25, 0.3) is 0 Å². The number of aryl methyl sites for hydroxylation is 1. The molecule has 2 rings (SSSR count). The first-order valence-corrected chi connectivity index (χ1v) is 3.82. The van der Waals surface area contributed by atoms with Crippen LogP contribution in [-0.2, 0) is 6.42 Å². The second-order valence-electron chi connectivity index (χ2n) is 2.53. The Labute approximate surface area is 72.6 Å². The second-order valence-corrected chi connectivity index (χ2v) is 2.53. The summed E-state index contributed by atoms with van der Waals surface area (Å²) in [4.78, 5) is 15.2. The van der Waals surface area contributed by atoms with Gasteiger partial charge in [-0.05, 0) is 0 Å². The lowest BCUT2D eigenvalue weighted by Gasteiger charge is -1.90. The van der Waals surface area contributed by atoms with E-state index < -0.39 is 5.69 Å². The highest BCUT2D eigenvalue weighted by molar-refractivity contribution is 5.57. The average molecular weight is 180 g/mol. The molecule has 0 aliphatic heterocycles. The maximum absolute atomic E-state index is 11.1. The highest BCUT2D eigenvalue weighted by Gasteiger charge is 2.07. The fourth-order valence-electron chi connectivity index (χ4n) is 1.02. The van der Waals surface area contributed by atoms with E-state index in [2.05, 4.69) is 20.3 Å². The summed E-state index contributed by atoms with van der Waals surface area (Å²) in [6.45, 7) is 1.90. The molecular formula is C6H8N6O. The van der Waals surface area contributed by atoms with E-state index >= 15 is 0 Å². The third kappa shape index (κ3) is 1.05. The molecule has 0 aliphatic rings. The number of rotatable bonds is 1. The lowest BCUT2D eigenvalue weighted by atomic mass is 10.5. The zero-order valence-corrected chi connectivity index (χ0v) is 6.98. The molecule has 0 spiro atoms. The van der Waals surface area contributed by atoms with Crippen LogP contribution in [0.2, 0.25) is 0 Å². The van der Waals surface area contributed by atoms with Crippen molar-refractivity contribution in [1.29, 1.82) is 0 Å². The van der Waals surface area contributed by atoms with Crippen molar-refractivity contribution in [1.82, 2.24) is 24.8 Å². The van der Waals surface area contributed by atoms with Crippen molar-refractivity contribution < 1.29 is 0 Å². The van der Waals surface area contributed by atoms with Gasteiger partial charge in [0.2, 0.25) is 5.65 Å². The van der Waals surface area contributed by atoms with Crippen LogP contribution in [0.5, 0.6) is 0 Å². The molecule has 0 aliphatic carbocycles. The van der Waals surface area contributed by atoms with Gasteiger partial charge in [0.1, 0.15) is 0 Å². The number of hydrogen-bond acceptors (Lipinski definition) is 5. The van der Waals surface area contributed by atoms with Gasteiger partial charge >= 0.3 is 5.69 Å². The number of fused-ring (bicyclic) bond motifs is 1. The predicted octanol–water partition coefficient (Wildman–Crippen LogP) is -1.04. The van der Waals surface area contributed by atoms with E-state index in [9.17, 15) is 4.79 Å². The van der Waals surface area contributed by atoms with Gasteiger partial charge in [-0.2, -0.15) is 4.52 Å². The minimum Gasteiger partial charge on any atom is -0.379 e. The minimum absolute atomic E-state index is 0.173. The van der Waals surface area contributed by atoms with Crippen LogP contribution in [-0.4, -0.2) is 24.8 Å². The van der Waals surface area contributed by atoms with Crippen LogP contribution in [0.4, 0.5) is 5.82 Å². The van der Waals surface area contributed by atoms with Crippen molar-refractivity contribution in [2.24, 2.45) is 0 Å². The Kier molecular flexibility index (Phi) is 1.51. The summed E-state index contributed by atoms with van der Waals surface area (Å²) in [7, 11) is 0. The second kappa shape index (κ2) is 2.54. The van der Waals surface area contributed by atoms with Crippen molar-refractivity contribution in [3.63, 3.8) is 0 Å². The molecule has 0 radical (unpaired) electrons. The molecule has 0 amide bonds. The van der Waals surface area contributed by atoms with E-state index in [0.717, 1.165) is 4.52 Å². The summed E-state index contributed by atoms with van der Waals surface area (Å²) < 4.78 is 1.11. The molecule has 0 saturated heterocycles. The Morgan fingerprint density at radius 1 is 1.62 bits per heavy atom. The molecule has 0 aromatic carbocycles. The monoisotopic (exact) mass is 180 g/mol. The smallest absolute Gasteiger partial charge is 0.364 e. The zero-order chi connectivity index (χ0) is 9.42. The van der Waals surface area contributed by atoms with Crippen molar-refractivity contribution in [2.45, 2.75) is 13.3 Å². The van der Waals surface area contributed by atoms with E-state index in [0.29, 0.717) is 17.9 Å². The van der Waals surface area contributed by atoms with Crippen molar-refractivity contribution in [3.05, 3.63) is 16.3 Å². The van der Waals surface area contributed by atoms with E-state index in [-0.39, 0.29) is 5.82 Å². The maximum atomic E-state index is 11.1. The third-order valence-electron chi connectivity index (χ3n) is 1.66. The average Bonchev–Trinajstić information content (AvgIpc) is 2.56. The summed E-state index contributed by atoms with van der Waals surface area (Å²) in [6, 6.07) is 0. The number of nitrogens with zero attached hydrogens (tertiary/aromatic N) is 4. The number of nitrogens with two attached hydrogens (primary N) is 1. The van der Waals surface area contributed by atoms with Crippen molar-refractivity contribution in [2.75, 3.05) is 5.73 Å². The van der Waals surface area contributed by atoms with Gasteiger partial charge in [0.05, 0.1) is 0 Å². The van der Waals surface area contributed by atoms with Gasteiger partial charge in [-0.25, -0.2) is 14.9 Å². The number of H-pyrrole nitrogens is 1. The quantitative estimate of drug-likeness (QED) is 0.583. The van der Waals surface area contributed by atoms with E-state index in [1.54, 1.807) is 0 Å². The zero-order valence-electron chi connectivity index (χ0n) is 6.98. The summed E-state index contributed by atoms with van der Waals surface area (Å²) in [6.07, 6.45) is 0.653. The van der Waals surface area contributed by atoms with Gasteiger partial charge in [-0.15, -0.1) is 10.2 Å². The Hall–Kier alpha value is -1.92. The first-order valence-electron chi connectivity index (χ1n) is 3.82. The number of aromatic nitrogens is 5. The molecular weight excluding hydrogens is 172 g/mol. The van der Waals surface area contributed by atoms with Gasteiger partial charge in [0, 0.05) is 6.42 Å². The molecule has 68 valence electrons. The molecule has 7 heteroatoms. The Morgan fingerprint density at radius 3 is 3.00 bits per heavy atom. The number of hydrogen-bond donors (Lipinski definition) is 2. The van der Waals surface area contributed by atoms with Crippen molar-refractivity contribution >= 4 is 11.5 Å². The van der Waals surface area contributed by atoms with Crippen LogP contribution in [0, 0.1) is 0 Å². The lowest BCUT2D eigenvalue weighted by molar-refractivity contribution is 0.795. The fourth-order valence-corrected chi connectivity index (χ4v) is 1.02. The molecule has 3 N–H and O–H groups in total. The largest absolute Gasteiger partial charge is 0.379 e. The van der Waals surface area contributed by atoms with E-state index in [4.69, 9.17) is 5.73 Å². The Balaban J connectivity index is 2.88. The van der Waals surface area contributed by atoms with Crippen LogP contribution in [0.15, 0.2) is 4.79 Å². The number of nitrogens with one attached hydrogen (secondary N) is 1. The van der Waals surface area contributed by atoms with Crippen LogP contribution in [0.25, 0.3) is 5.65 Å². The Morgan fingerprint density at radius 2 is 2.38 bits per heavy atom. The fraction of sp³-hybridized carbons (Fsp3) is 0.333. The van der Waals surface area contributed by atoms with Gasteiger partial charge in [-0.3, -0.25) is 0 Å². The molecule has 0 unspecified atom stereocenters.